The molecule has 158 valence electrons. The summed E-state index contributed by atoms with van der Waals surface area (Å²) >= 11 is 3.37. The van der Waals surface area contributed by atoms with Gasteiger partial charge in [0.15, 0.2) is 5.82 Å². The molecule has 4 rings (SSSR count). The van der Waals surface area contributed by atoms with Crippen LogP contribution < -0.4 is 0 Å². The summed E-state index contributed by atoms with van der Waals surface area (Å²) in [6.45, 7) is 6.74. The molecule has 1 aliphatic rings. The van der Waals surface area contributed by atoms with Crippen LogP contribution in [0.5, 0.6) is 0 Å². The van der Waals surface area contributed by atoms with Crippen molar-refractivity contribution in [1.29, 1.82) is 0 Å². The molecule has 0 aliphatic carbocycles. The third kappa shape index (κ3) is 4.34. The van der Waals surface area contributed by atoms with Crippen LogP contribution in [-0.2, 0) is 4.74 Å². The second-order valence-corrected chi connectivity index (χ2v) is 8.87. The first-order valence-corrected chi connectivity index (χ1v) is 11.9. The van der Waals surface area contributed by atoms with E-state index in [4.69, 9.17) is 9.72 Å². The van der Waals surface area contributed by atoms with Gasteiger partial charge in [-0.2, -0.15) is 0 Å². The van der Waals surface area contributed by atoms with Gasteiger partial charge in [0.1, 0.15) is 5.69 Å². The van der Waals surface area contributed by atoms with Gasteiger partial charge in [0.25, 0.3) is 0 Å². The molecule has 1 aliphatic heterocycles. The predicted molar refractivity (Wildman–Crippen MR) is 122 cm³/mol. The average molecular weight is 445 g/mol. The fraction of sp³-hybridized carbons (Fsp3) is 0.381. The van der Waals surface area contributed by atoms with Crippen molar-refractivity contribution in [3.63, 3.8) is 0 Å². The third-order valence-corrected chi connectivity index (χ3v) is 7.05. The van der Waals surface area contributed by atoms with Crippen LogP contribution in [0, 0.1) is 6.92 Å². The van der Waals surface area contributed by atoms with E-state index in [1.54, 1.807) is 12.1 Å². The number of carboxylic acids is 1. The lowest BCUT2D eigenvalue weighted by Crippen LogP contribution is -2.37. The van der Waals surface area contributed by atoms with Gasteiger partial charge in [-0.25, -0.2) is 9.78 Å². The number of nitrogens with zero attached hydrogens (tertiary/aromatic N) is 4. The van der Waals surface area contributed by atoms with Gasteiger partial charge in [-0.1, -0.05) is 0 Å². The summed E-state index contributed by atoms with van der Waals surface area (Å²) in [5.74, 6) is 0.795. The van der Waals surface area contributed by atoms with Crippen LogP contribution in [0.2, 0.25) is 0 Å². The smallest absolute Gasteiger partial charge is 0.335 e. The minimum absolute atomic E-state index is 0.233. The molecule has 3 heterocycles. The molecule has 0 amide bonds. The number of imidazole rings is 1. The van der Waals surface area contributed by atoms with Crippen molar-refractivity contribution in [1.82, 2.24) is 18.8 Å². The molecule has 0 atom stereocenters. The van der Waals surface area contributed by atoms with Crippen molar-refractivity contribution in [2.24, 2.45) is 0 Å². The monoisotopic (exact) mass is 444 g/mol. The highest BCUT2D eigenvalue weighted by Crippen LogP contribution is 2.33. The summed E-state index contributed by atoms with van der Waals surface area (Å²) in [6, 6.07) is 7.09. The Morgan fingerprint density at radius 2 is 2.07 bits per heavy atom. The highest BCUT2D eigenvalue weighted by Gasteiger charge is 2.18. The van der Waals surface area contributed by atoms with Gasteiger partial charge in [0.2, 0.25) is 0 Å². The Balaban J connectivity index is 1.61. The van der Waals surface area contributed by atoms with Crippen molar-refractivity contribution >= 4 is 40.7 Å². The largest absolute Gasteiger partial charge is 0.478 e. The maximum Gasteiger partial charge on any atom is 0.335 e. The second-order valence-electron chi connectivity index (χ2n) is 7.01. The SMILES string of the molecule is CSn1c(-c2nccc(SCCN3CCOCC3)c2C)nc2cc(C(=O)O)ccc21. The summed E-state index contributed by atoms with van der Waals surface area (Å²) in [4.78, 5) is 24.3. The van der Waals surface area contributed by atoms with Crippen molar-refractivity contribution in [3.8, 4) is 11.5 Å². The Bertz CT molecular complexity index is 1060. The Morgan fingerprint density at radius 1 is 1.27 bits per heavy atom. The summed E-state index contributed by atoms with van der Waals surface area (Å²) in [6.07, 6.45) is 3.80. The zero-order valence-electron chi connectivity index (χ0n) is 17.0. The summed E-state index contributed by atoms with van der Waals surface area (Å²) in [7, 11) is 0. The average Bonchev–Trinajstić information content (AvgIpc) is 3.13. The number of thioether (sulfide) groups is 1. The van der Waals surface area contributed by atoms with Gasteiger partial charge in [0, 0.05) is 42.7 Å². The number of morpholine rings is 1. The summed E-state index contributed by atoms with van der Waals surface area (Å²) in [5, 5.41) is 9.29. The van der Waals surface area contributed by atoms with Crippen LogP contribution in [0.4, 0.5) is 0 Å². The Kier molecular flexibility index (Phi) is 6.62. The molecule has 0 radical (unpaired) electrons. The Hall–Kier alpha value is -2.07. The van der Waals surface area contributed by atoms with E-state index in [1.807, 2.05) is 34.3 Å². The van der Waals surface area contributed by atoms with Gasteiger partial charge >= 0.3 is 5.97 Å². The molecule has 7 nitrogen and oxygen atoms in total. The van der Waals surface area contributed by atoms with E-state index in [-0.39, 0.29) is 5.56 Å². The van der Waals surface area contributed by atoms with E-state index in [0.29, 0.717) is 5.52 Å². The van der Waals surface area contributed by atoms with E-state index >= 15 is 0 Å². The van der Waals surface area contributed by atoms with Crippen LogP contribution >= 0.6 is 23.7 Å². The van der Waals surface area contributed by atoms with Crippen molar-refractivity contribution in [3.05, 3.63) is 41.6 Å². The maximum absolute atomic E-state index is 11.3. The molecule has 30 heavy (non-hydrogen) atoms. The molecule has 2 aromatic heterocycles. The quantitative estimate of drug-likeness (QED) is 0.553. The van der Waals surface area contributed by atoms with Gasteiger partial charge in [-0.15, -0.1) is 11.8 Å². The fourth-order valence-corrected chi connectivity index (χ4v) is 5.23. The van der Waals surface area contributed by atoms with E-state index in [1.165, 1.54) is 16.8 Å². The first-order valence-electron chi connectivity index (χ1n) is 9.77. The lowest BCUT2D eigenvalue weighted by Gasteiger charge is -2.26. The number of hydrogen-bond acceptors (Lipinski definition) is 7. The topological polar surface area (TPSA) is 80.5 Å². The number of carbonyl (C=O) groups is 1. The molecular formula is C21H24N4O3S2. The van der Waals surface area contributed by atoms with Crippen LogP contribution in [-0.4, -0.2) is 74.8 Å². The highest BCUT2D eigenvalue weighted by atomic mass is 32.2. The highest BCUT2D eigenvalue weighted by molar-refractivity contribution is 7.99. The van der Waals surface area contributed by atoms with Gasteiger partial charge < -0.3 is 9.84 Å². The number of benzene rings is 1. The van der Waals surface area contributed by atoms with Crippen molar-refractivity contribution in [2.75, 3.05) is 44.9 Å². The Labute approximate surface area is 184 Å². The lowest BCUT2D eigenvalue weighted by atomic mass is 10.2. The Morgan fingerprint density at radius 3 is 2.80 bits per heavy atom. The molecule has 0 spiro atoms. The number of aromatic carboxylic acids is 1. The molecule has 0 saturated carbocycles. The van der Waals surface area contributed by atoms with Crippen LogP contribution in [0.3, 0.4) is 0 Å². The second kappa shape index (κ2) is 9.38. The molecule has 9 heteroatoms. The van der Waals surface area contributed by atoms with Crippen LogP contribution in [0.1, 0.15) is 15.9 Å². The zero-order chi connectivity index (χ0) is 21.1. The number of aromatic nitrogens is 3. The number of fused-ring (bicyclic) bond motifs is 1. The molecule has 1 saturated heterocycles. The molecule has 0 bridgehead atoms. The standard InChI is InChI=1S/C21H24N4O3S2/c1-14-18(30-12-9-24-7-10-28-11-8-24)5-6-22-19(14)20-23-16-13-15(21(26)27)3-4-17(16)25(20)29-2/h3-6,13H,7-12H2,1-2H3,(H,26,27). The normalized spacial score (nSPS) is 15.0. The zero-order valence-corrected chi connectivity index (χ0v) is 18.6. The van der Waals surface area contributed by atoms with Gasteiger partial charge in [-0.3, -0.25) is 13.9 Å². The third-order valence-electron chi connectivity index (χ3n) is 5.18. The molecule has 1 aromatic carbocycles. The minimum Gasteiger partial charge on any atom is -0.478 e. The van der Waals surface area contributed by atoms with Crippen molar-refractivity contribution < 1.29 is 14.6 Å². The predicted octanol–water partition coefficient (Wildman–Crippen LogP) is 3.66. The molecule has 3 aromatic rings. The van der Waals surface area contributed by atoms with Gasteiger partial charge in [0.05, 0.1) is 29.8 Å². The number of rotatable bonds is 7. The number of carboxylic acid groups (broad SMARTS) is 1. The molecular weight excluding hydrogens is 420 g/mol. The van der Waals surface area contributed by atoms with Crippen LogP contribution in [0.15, 0.2) is 35.4 Å². The minimum atomic E-state index is -0.954. The molecule has 0 unspecified atom stereocenters. The number of pyridine rings is 1. The summed E-state index contributed by atoms with van der Waals surface area (Å²) in [5.41, 5.74) is 3.69. The van der Waals surface area contributed by atoms with E-state index in [2.05, 4.69) is 22.9 Å². The summed E-state index contributed by atoms with van der Waals surface area (Å²) < 4.78 is 7.43. The molecule has 1 N–H and O–H groups in total. The maximum atomic E-state index is 11.3. The molecule has 1 fully saturated rings. The van der Waals surface area contributed by atoms with Gasteiger partial charge in [-0.05, 0) is 48.7 Å². The first kappa shape index (κ1) is 21.2. The number of ether oxygens (including phenoxy) is 1. The number of hydrogen-bond donors (Lipinski definition) is 1. The lowest BCUT2D eigenvalue weighted by molar-refractivity contribution is 0.0410. The van der Waals surface area contributed by atoms with Crippen LogP contribution in [0.25, 0.3) is 22.6 Å². The van der Waals surface area contributed by atoms with E-state index in [9.17, 15) is 9.90 Å². The fourth-order valence-electron chi connectivity index (χ4n) is 3.53. The van der Waals surface area contributed by atoms with Crippen molar-refractivity contribution in [2.45, 2.75) is 11.8 Å². The van der Waals surface area contributed by atoms with E-state index < -0.39 is 5.97 Å². The van der Waals surface area contributed by atoms with E-state index in [0.717, 1.165) is 61.2 Å². The first-order chi connectivity index (χ1) is 14.6.